The van der Waals surface area contributed by atoms with Crippen LogP contribution in [0.15, 0.2) is 24.3 Å². The van der Waals surface area contributed by atoms with Crippen LogP contribution in [0.3, 0.4) is 0 Å². The number of aromatic hydroxyl groups is 1. The van der Waals surface area contributed by atoms with E-state index in [1.807, 2.05) is 0 Å². The summed E-state index contributed by atoms with van der Waals surface area (Å²) >= 11 is 0. The summed E-state index contributed by atoms with van der Waals surface area (Å²) in [5.41, 5.74) is 0.682. The predicted octanol–water partition coefficient (Wildman–Crippen LogP) is -0.360. The second-order valence-electron chi connectivity index (χ2n) is 4.98. The van der Waals surface area contributed by atoms with Crippen LogP contribution in [0.5, 0.6) is 5.75 Å². The van der Waals surface area contributed by atoms with Gasteiger partial charge in [-0.1, -0.05) is 12.1 Å². The molecule has 112 valence electrons. The molecule has 0 saturated carbocycles. The molecule has 7 nitrogen and oxygen atoms in total. The number of aliphatic carboxylic acids is 1. The van der Waals surface area contributed by atoms with Crippen molar-refractivity contribution in [2.75, 3.05) is 6.54 Å². The molecule has 1 fully saturated rings. The summed E-state index contributed by atoms with van der Waals surface area (Å²) in [5, 5.41) is 23.4. The lowest BCUT2D eigenvalue weighted by Crippen LogP contribution is -2.45. The SMILES string of the molecule is O=C1CC(C(=O)N[C@H](Cc2ccc(O)cc2)C(=O)O)CN1. The van der Waals surface area contributed by atoms with E-state index in [2.05, 4.69) is 10.6 Å². The molecule has 1 aliphatic rings. The maximum atomic E-state index is 11.9. The third-order valence-electron chi connectivity index (χ3n) is 3.34. The van der Waals surface area contributed by atoms with Crippen LogP contribution in [0.4, 0.5) is 0 Å². The van der Waals surface area contributed by atoms with E-state index in [0.717, 1.165) is 0 Å². The Morgan fingerprint density at radius 2 is 2.00 bits per heavy atom. The molecule has 1 aliphatic heterocycles. The van der Waals surface area contributed by atoms with Crippen LogP contribution in [-0.2, 0) is 20.8 Å². The average molecular weight is 292 g/mol. The number of nitrogens with one attached hydrogen (secondary N) is 2. The number of carbonyl (C=O) groups is 3. The van der Waals surface area contributed by atoms with E-state index in [4.69, 9.17) is 0 Å². The molecule has 7 heteroatoms. The Bertz CT molecular complexity index is 555. The van der Waals surface area contributed by atoms with E-state index < -0.39 is 23.8 Å². The lowest BCUT2D eigenvalue weighted by Gasteiger charge is -2.16. The Hall–Kier alpha value is -2.57. The second kappa shape index (κ2) is 6.25. The number of carbonyl (C=O) groups excluding carboxylic acids is 2. The Morgan fingerprint density at radius 1 is 1.33 bits per heavy atom. The van der Waals surface area contributed by atoms with Gasteiger partial charge in [-0.05, 0) is 17.7 Å². The molecule has 1 saturated heterocycles. The third kappa shape index (κ3) is 3.95. The molecule has 0 spiro atoms. The highest BCUT2D eigenvalue weighted by Gasteiger charge is 2.30. The summed E-state index contributed by atoms with van der Waals surface area (Å²) in [6.07, 6.45) is 0.187. The lowest BCUT2D eigenvalue weighted by atomic mass is 10.0. The zero-order valence-corrected chi connectivity index (χ0v) is 11.2. The molecule has 0 aliphatic carbocycles. The zero-order valence-electron chi connectivity index (χ0n) is 11.2. The van der Waals surface area contributed by atoms with Crippen molar-refractivity contribution < 1.29 is 24.6 Å². The third-order valence-corrected chi connectivity index (χ3v) is 3.34. The van der Waals surface area contributed by atoms with Gasteiger partial charge in [-0.25, -0.2) is 4.79 Å². The van der Waals surface area contributed by atoms with Crippen LogP contribution < -0.4 is 10.6 Å². The van der Waals surface area contributed by atoms with E-state index >= 15 is 0 Å². The highest BCUT2D eigenvalue weighted by molar-refractivity contribution is 5.91. The van der Waals surface area contributed by atoms with Crippen molar-refractivity contribution in [3.8, 4) is 5.75 Å². The summed E-state index contributed by atoms with van der Waals surface area (Å²) in [4.78, 5) is 34.3. The topological polar surface area (TPSA) is 116 Å². The van der Waals surface area contributed by atoms with Crippen LogP contribution in [-0.4, -0.2) is 40.6 Å². The van der Waals surface area contributed by atoms with E-state index in [0.29, 0.717) is 5.56 Å². The number of phenols is 1. The molecule has 2 amide bonds. The first kappa shape index (κ1) is 14.8. The molecule has 0 aromatic heterocycles. The maximum Gasteiger partial charge on any atom is 0.326 e. The smallest absolute Gasteiger partial charge is 0.326 e. The fraction of sp³-hybridized carbons (Fsp3) is 0.357. The minimum atomic E-state index is -1.14. The van der Waals surface area contributed by atoms with E-state index in [-0.39, 0.29) is 31.0 Å². The highest BCUT2D eigenvalue weighted by Crippen LogP contribution is 2.13. The molecule has 2 atom stereocenters. The Morgan fingerprint density at radius 3 is 2.52 bits per heavy atom. The maximum absolute atomic E-state index is 11.9. The first-order chi connectivity index (χ1) is 9.95. The molecule has 1 aromatic carbocycles. The number of hydrogen-bond acceptors (Lipinski definition) is 4. The predicted molar refractivity (Wildman–Crippen MR) is 72.5 cm³/mol. The van der Waals surface area contributed by atoms with Gasteiger partial charge in [0, 0.05) is 19.4 Å². The molecule has 2 rings (SSSR count). The second-order valence-corrected chi connectivity index (χ2v) is 4.98. The van der Waals surface area contributed by atoms with Gasteiger partial charge in [0.1, 0.15) is 11.8 Å². The molecular weight excluding hydrogens is 276 g/mol. The Labute approximate surface area is 121 Å². The van der Waals surface area contributed by atoms with Crippen molar-refractivity contribution in [1.82, 2.24) is 10.6 Å². The fourth-order valence-electron chi connectivity index (χ4n) is 2.15. The molecule has 1 unspecified atom stereocenters. The van der Waals surface area contributed by atoms with Crippen molar-refractivity contribution in [2.45, 2.75) is 18.9 Å². The molecule has 1 heterocycles. The normalized spacial score (nSPS) is 18.9. The largest absolute Gasteiger partial charge is 0.508 e. The van der Waals surface area contributed by atoms with E-state index in [9.17, 15) is 24.6 Å². The van der Waals surface area contributed by atoms with Crippen molar-refractivity contribution in [2.24, 2.45) is 5.92 Å². The van der Waals surface area contributed by atoms with Crippen LogP contribution in [0.1, 0.15) is 12.0 Å². The monoisotopic (exact) mass is 292 g/mol. The van der Waals surface area contributed by atoms with Crippen molar-refractivity contribution in [1.29, 1.82) is 0 Å². The minimum Gasteiger partial charge on any atom is -0.508 e. The summed E-state index contributed by atoms with van der Waals surface area (Å²) in [6, 6.07) is 5.03. The number of carboxylic acid groups (broad SMARTS) is 1. The molecule has 1 aromatic rings. The van der Waals surface area contributed by atoms with Gasteiger partial charge < -0.3 is 20.8 Å². The zero-order chi connectivity index (χ0) is 15.4. The van der Waals surface area contributed by atoms with Gasteiger partial charge in [-0.15, -0.1) is 0 Å². The van der Waals surface area contributed by atoms with Gasteiger partial charge in [-0.2, -0.15) is 0 Å². The number of rotatable bonds is 5. The van der Waals surface area contributed by atoms with Gasteiger partial charge in [0.05, 0.1) is 5.92 Å². The highest BCUT2D eigenvalue weighted by atomic mass is 16.4. The van der Waals surface area contributed by atoms with Crippen LogP contribution >= 0.6 is 0 Å². The molecule has 4 N–H and O–H groups in total. The van der Waals surface area contributed by atoms with Gasteiger partial charge in [0.25, 0.3) is 0 Å². The average Bonchev–Trinajstić information content (AvgIpc) is 2.87. The first-order valence-corrected chi connectivity index (χ1v) is 6.53. The number of phenolic OH excluding ortho intramolecular Hbond substituents is 1. The Kier molecular flexibility index (Phi) is 4.42. The molecule has 21 heavy (non-hydrogen) atoms. The van der Waals surface area contributed by atoms with Crippen LogP contribution in [0, 0.1) is 5.92 Å². The fourth-order valence-corrected chi connectivity index (χ4v) is 2.15. The number of hydrogen-bond donors (Lipinski definition) is 4. The van der Waals surface area contributed by atoms with Crippen molar-refractivity contribution >= 4 is 17.8 Å². The minimum absolute atomic E-state index is 0.0807. The quantitative estimate of drug-likeness (QED) is 0.591. The molecular formula is C14H16N2O5. The standard InChI is InChI=1S/C14H16N2O5/c17-10-3-1-8(2-4-10)5-11(14(20)21)16-13(19)9-6-12(18)15-7-9/h1-4,9,11,17H,5-7H2,(H,15,18)(H,16,19)(H,20,21)/t9?,11-/m1/s1. The van der Waals surface area contributed by atoms with E-state index in [1.165, 1.54) is 12.1 Å². The number of carboxylic acids is 1. The molecule has 0 radical (unpaired) electrons. The number of amides is 2. The molecule has 0 bridgehead atoms. The number of benzene rings is 1. The van der Waals surface area contributed by atoms with Gasteiger partial charge in [0.15, 0.2) is 0 Å². The van der Waals surface area contributed by atoms with Crippen LogP contribution in [0.25, 0.3) is 0 Å². The summed E-state index contributed by atoms with van der Waals surface area (Å²) in [7, 11) is 0. The van der Waals surface area contributed by atoms with Gasteiger partial charge >= 0.3 is 5.97 Å². The summed E-state index contributed by atoms with van der Waals surface area (Å²) in [6.45, 7) is 0.232. The lowest BCUT2D eigenvalue weighted by molar-refractivity contribution is -0.142. The first-order valence-electron chi connectivity index (χ1n) is 6.53. The van der Waals surface area contributed by atoms with Crippen LogP contribution in [0.2, 0.25) is 0 Å². The summed E-state index contributed by atoms with van der Waals surface area (Å²) in [5.74, 6) is -2.24. The van der Waals surface area contributed by atoms with Crippen molar-refractivity contribution in [3.05, 3.63) is 29.8 Å². The van der Waals surface area contributed by atoms with Gasteiger partial charge in [-0.3, -0.25) is 9.59 Å². The van der Waals surface area contributed by atoms with Gasteiger partial charge in [0.2, 0.25) is 11.8 Å². The van der Waals surface area contributed by atoms with E-state index in [1.54, 1.807) is 12.1 Å². The Balaban J connectivity index is 1.99. The van der Waals surface area contributed by atoms with Crippen molar-refractivity contribution in [3.63, 3.8) is 0 Å². The summed E-state index contributed by atoms with van der Waals surface area (Å²) < 4.78 is 0.